The van der Waals surface area contributed by atoms with Crippen LogP contribution in [0.3, 0.4) is 0 Å². The minimum Gasteiger partial charge on any atom is -0.480 e. The monoisotopic (exact) mass is 1030 g/mol. The van der Waals surface area contributed by atoms with Gasteiger partial charge in [0.25, 0.3) is 0 Å². The van der Waals surface area contributed by atoms with Gasteiger partial charge in [0.1, 0.15) is 72.9 Å². The highest BCUT2D eigenvalue weighted by Gasteiger charge is 2.46. The molecule has 6 amide bonds. The molecule has 0 spiro atoms. The zero-order chi connectivity index (χ0) is 53.6. The van der Waals surface area contributed by atoms with E-state index in [2.05, 4.69) is 31.9 Å². The van der Waals surface area contributed by atoms with Crippen LogP contribution in [0, 0.1) is 0 Å². The summed E-state index contributed by atoms with van der Waals surface area (Å²) in [6, 6.07) is 19.3. The Hall–Kier alpha value is -6.97. The van der Waals surface area contributed by atoms with Gasteiger partial charge >= 0.3 is 5.97 Å². The van der Waals surface area contributed by atoms with Crippen LogP contribution in [0.5, 0.6) is 0 Å². The number of ether oxygens (including phenoxy) is 2. The maximum atomic E-state index is 14.5. The van der Waals surface area contributed by atoms with Crippen LogP contribution < -0.4 is 31.9 Å². The molecule has 24 heteroatoms. The van der Waals surface area contributed by atoms with Crippen LogP contribution in [0.2, 0.25) is 0 Å². The zero-order valence-electron chi connectivity index (χ0n) is 39.5. The van der Waals surface area contributed by atoms with Crippen molar-refractivity contribution in [2.45, 2.75) is 118 Å². The van der Waals surface area contributed by atoms with Crippen molar-refractivity contribution < 1.29 is 89.0 Å². The Bertz CT molecular complexity index is 2580. The predicted octanol–water partition coefficient (Wildman–Crippen LogP) is -4.50. The van der Waals surface area contributed by atoms with Crippen LogP contribution in [0.4, 0.5) is 0 Å². The molecule has 0 aromatic heterocycles. The smallest absolute Gasteiger partial charge is 0.326 e. The topological polar surface area (TPSA) is 392 Å². The number of aliphatic hydroxyl groups excluding tert-OH is 8. The van der Waals surface area contributed by atoms with Gasteiger partial charge in [-0.25, -0.2) is 4.79 Å². The van der Waals surface area contributed by atoms with Crippen molar-refractivity contribution in [2.75, 3.05) is 13.2 Å². The fraction of sp³-hybridized carbons (Fsp3) is 0.420. The third-order valence-corrected chi connectivity index (χ3v) is 12.5. The first kappa shape index (κ1) is 56.3. The number of carbonyl (C=O) groups is 7. The lowest BCUT2D eigenvalue weighted by Crippen LogP contribution is -2.65. The molecule has 15 N–H and O–H groups in total. The van der Waals surface area contributed by atoms with E-state index in [0.29, 0.717) is 16.7 Å². The van der Waals surface area contributed by atoms with E-state index < -0.39 is 153 Å². The maximum absolute atomic E-state index is 14.5. The number of fused-ring (bicyclic) bond motifs is 1. The molecule has 4 aromatic rings. The summed E-state index contributed by atoms with van der Waals surface area (Å²) in [5, 5.41) is 108. The van der Waals surface area contributed by atoms with E-state index in [1.54, 1.807) is 66.7 Å². The number of amides is 6. The summed E-state index contributed by atoms with van der Waals surface area (Å²) in [5.41, 5.74) is 1.78. The predicted molar refractivity (Wildman–Crippen MR) is 256 cm³/mol. The third kappa shape index (κ3) is 15.1. The van der Waals surface area contributed by atoms with E-state index in [4.69, 9.17) is 9.47 Å². The summed E-state index contributed by atoms with van der Waals surface area (Å²) in [5.74, 6) is -8.17. The minimum absolute atomic E-state index is 0.0447. The van der Waals surface area contributed by atoms with E-state index in [1.165, 1.54) is 0 Å². The first-order valence-corrected chi connectivity index (χ1v) is 23.5. The molecule has 0 saturated carbocycles. The highest BCUT2D eigenvalue weighted by atomic mass is 16.6. The standard InChI is InChI=1S/C50H60N6O18/c57-23-34-41(62)43(64)39(49(71)73-34)55-37(60)21-32(47(68)54-33(48(69)70)22-38(61)56-40-44(65)42(63)35(24-58)74-50(40)72)53-46(67)31(19-26-11-5-2-6-12-26)52-45(66)30(18-25-9-3-1-4-10-25)51-36(59)20-27-15-16-28-13-7-8-14-29(28)17-27/h1-17,30-35,39-44,49-50,57-58,62-65,71-72H,18-24H2,(H,51,59)(H,52,66)(H,53,67)(H,54,68)(H,55,60)(H,56,61)(H,69,70)/t30-,31-,32-,33-,34+,35+,39+,40+,41+,42+,43+,44+,49-,50-/m0/s1. The van der Waals surface area contributed by atoms with Crippen LogP contribution in [0.15, 0.2) is 103 Å². The molecule has 2 aliphatic rings. The van der Waals surface area contributed by atoms with Gasteiger partial charge in [0.05, 0.1) is 32.5 Å². The van der Waals surface area contributed by atoms with Crippen molar-refractivity contribution in [3.8, 4) is 0 Å². The second-order valence-electron chi connectivity index (χ2n) is 17.9. The number of aliphatic carboxylic acids is 1. The first-order valence-electron chi connectivity index (χ1n) is 23.5. The summed E-state index contributed by atoms with van der Waals surface area (Å²) in [4.78, 5) is 96.1. The number of nitrogens with one attached hydrogen (secondary N) is 6. The third-order valence-electron chi connectivity index (χ3n) is 12.5. The minimum atomic E-state index is -2.16. The summed E-state index contributed by atoms with van der Waals surface area (Å²) in [6.07, 6.45) is -17.0. The fourth-order valence-corrected chi connectivity index (χ4v) is 8.49. The Morgan fingerprint density at radius 3 is 1.36 bits per heavy atom. The normalized spacial score (nSPS) is 25.2. The number of benzene rings is 4. The lowest BCUT2D eigenvalue weighted by molar-refractivity contribution is -0.254. The van der Waals surface area contributed by atoms with Crippen LogP contribution in [-0.2, 0) is 62.3 Å². The molecule has 0 aliphatic carbocycles. The van der Waals surface area contributed by atoms with Crippen molar-refractivity contribution in [1.29, 1.82) is 0 Å². The van der Waals surface area contributed by atoms with Gasteiger partial charge in [0, 0.05) is 12.8 Å². The molecule has 14 atom stereocenters. The van der Waals surface area contributed by atoms with E-state index in [-0.39, 0.29) is 19.3 Å². The summed E-state index contributed by atoms with van der Waals surface area (Å²) in [6.45, 7) is -1.65. The Kier molecular flexibility index (Phi) is 20.0. The Morgan fingerprint density at radius 1 is 0.459 bits per heavy atom. The van der Waals surface area contributed by atoms with E-state index in [0.717, 1.165) is 10.8 Å². The molecule has 4 aromatic carbocycles. The molecule has 0 unspecified atom stereocenters. The van der Waals surface area contributed by atoms with Gasteiger partial charge in [-0.1, -0.05) is 103 Å². The highest BCUT2D eigenvalue weighted by molar-refractivity contribution is 5.98. The van der Waals surface area contributed by atoms with Gasteiger partial charge in [-0.3, -0.25) is 28.8 Å². The van der Waals surface area contributed by atoms with Crippen molar-refractivity contribution in [2.24, 2.45) is 0 Å². The molecule has 74 heavy (non-hydrogen) atoms. The molecule has 2 aliphatic heterocycles. The second kappa shape index (κ2) is 26.3. The van der Waals surface area contributed by atoms with Crippen LogP contribution in [0.1, 0.15) is 29.5 Å². The van der Waals surface area contributed by atoms with Crippen LogP contribution in [-0.4, -0.2) is 186 Å². The van der Waals surface area contributed by atoms with E-state index in [1.807, 2.05) is 36.4 Å². The molecule has 2 fully saturated rings. The van der Waals surface area contributed by atoms with Gasteiger partial charge in [-0.2, -0.15) is 0 Å². The zero-order valence-corrected chi connectivity index (χ0v) is 39.5. The average molecular weight is 1030 g/mol. The Balaban J connectivity index is 1.25. The number of hydrogen-bond donors (Lipinski definition) is 15. The average Bonchev–Trinajstić information content (AvgIpc) is 3.38. The van der Waals surface area contributed by atoms with Crippen molar-refractivity contribution >= 4 is 52.2 Å². The molecular weight excluding hydrogens is 973 g/mol. The van der Waals surface area contributed by atoms with E-state index in [9.17, 15) is 79.5 Å². The quantitative estimate of drug-likeness (QED) is 0.0353. The number of carboxylic acid groups (broad SMARTS) is 1. The van der Waals surface area contributed by atoms with Crippen LogP contribution in [0.25, 0.3) is 10.8 Å². The molecule has 0 bridgehead atoms. The van der Waals surface area contributed by atoms with E-state index >= 15 is 0 Å². The van der Waals surface area contributed by atoms with Gasteiger partial charge in [0.15, 0.2) is 12.6 Å². The molecule has 6 rings (SSSR count). The van der Waals surface area contributed by atoms with Crippen LogP contribution >= 0.6 is 0 Å². The van der Waals surface area contributed by atoms with Gasteiger partial charge in [-0.15, -0.1) is 0 Å². The van der Waals surface area contributed by atoms with Gasteiger partial charge < -0.3 is 87.3 Å². The Labute approximate surface area is 422 Å². The summed E-state index contributed by atoms with van der Waals surface area (Å²) in [7, 11) is 0. The summed E-state index contributed by atoms with van der Waals surface area (Å²) >= 11 is 0. The number of carbonyl (C=O) groups excluding carboxylic acids is 6. The molecule has 0 radical (unpaired) electrons. The van der Waals surface area contributed by atoms with Crippen molar-refractivity contribution in [1.82, 2.24) is 31.9 Å². The molecule has 24 nitrogen and oxygen atoms in total. The lowest BCUT2D eigenvalue weighted by atomic mass is 9.96. The first-order chi connectivity index (χ1) is 35.3. The molecular formula is C50H60N6O18. The van der Waals surface area contributed by atoms with Crippen molar-refractivity contribution in [3.05, 3.63) is 120 Å². The van der Waals surface area contributed by atoms with Crippen molar-refractivity contribution in [3.63, 3.8) is 0 Å². The SMILES string of the molecule is O=C(C[C@H](NC(=O)[C@H](CC(=O)N[C@@H]1[C@@H](O)[C@H](O)[C@@H](CO)O[C@@H]1O)NC(=O)[C@H](Cc1ccccc1)NC(=O)[C@H](Cc1ccccc1)NC(=O)Cc1ccc2ccccc2c1)C(=O)O)N[C@@H]1[C@@H](O)[C@H](O)[C@@H](CO)O[C@@H]1O. The Morgan fingerprint density at radius 2 is 0.878 bits per heavy atom. The highest BCUT2D eigenvalue weighted by Crippen LogP contribution is 2.22. The number of hydrogen-bond acceptors (Lipinski definition) is 17. The number of rotatable bonds is 22. The second-order valence-corrected chi connectivity index (χ2v) is 17.9. The maximum Gasteiger partial charge on any atom is 0.326 e. The molecule has 2 saturated heterocycles. The largest absolute Gasteiger partial charge is 0.480 e. The van der Waals surface area contributed by atoms with Gasteiger partial charge in [0.2, 0.25) is 35.4 Å². The van der Waals surface area contributed by atoms with Gasteiger partial charge in [-0.05, 0) is 27.5 Å². The summed E-state index contributed by atoms with van der Waals surface area (Å²) < 4.78 is 10.1. The molecule has 398 valence electrons. The number of aliphatic hydroxyl groups is 8. The molecule has 2 heterocycles. The lowest BCUT2D eigenvalue weighted by Gasteiger charge is -2.40. The number of carboxylic acids is 1. The fourth-order valence-electron chi connectivity index (χ4n) is 8.49.